The van der Waals surface area contributed by atoms with Crippen molar-refractivity contribution in [3.63, 3.8) is 0 Å². The lowest BCUT2D eigenvalue weighted by Crippen LogP contribution is -2.28. The Bertz CT molecular complexity index is 357. The minimum atomic E-state index is -0.630. The molecule has 1 aromatic rings. The molecule has 1 aliphatic rings. The maximum absolute atomic E-state index is 11.5. The van der Waals surface area contributed by atoms with Crippen LogP contribution in [-0.2, 0) is 4.79 Å². The Balaban J connectivity index is 2.45. The van der Waals surface area contributed by atoms with Crippen LogP contribution in [0.2, 0.25) is 0 Å². The lowest BCUT2D eigenvalue weighted by atomic mass is 9.96. The molecule has 0 bridgehead atoms. The van der Waals surface area contributed by atoms with E-state index < -0.39 is 5.92 Å². The maximum Gasteiger partial charge on any atom is 0.180 e. The first kappa shape index (κ1) is 7.98. The average molecular weight is 176 g/mol. The van der Waals surface area contributed by atoms with Gasteiger partial charge in [-0.1, -0.05) is 12.1 Å². The van der Waals surface area contributed by atoms with E-state index >= 15 is 0 Å². The van der Waals surface area contributed by atoms with Crippen LogP contribution in [0.4, 0.5) is 0 Å². The SMILES string of the molecule is O=CC1COc2ccccc2C1=O. The van der Waals surface area contributed by atoms with E-state index in [0.29, 0.717) is 17.6 Å². The number of hydrogen-bond donors (Lipinski definition) is 0. The second-order valence-corrected chi connectivity index (χ2v) is 2.91. The fraction of sp³-hybridized carbons (Fsp3) is 0.200. The summed E-state index contributed by atoms with van der Waals surface area (Å²) >= 11 is 0. The van der Waals surface area contributed by atoms with Gasteiger partial charge in [0.1, 0.15) is 24.6 Å². The fourth-order valence-electron chi connectivity index (χ4n) is 1.35. The van der Waals surface area contributed by atoms with Crippen molar-refractivity contribution < 1.29 is 14.3 Å². The van der Waals surface area contributed by atoms with Crippen molar-refractivity contribution in [2.75, 3.05) is 6.61 Å². The molecule has 0 aromatic heterocycles. The van der Waals surface area contributed by atoms with Gasteiger partial charge in [0, 0.05) is 0 Å². The van der Waals surface area contributed by atoms with Crippen LogP contribution in [0.15, 0.2) is 24.3 Å². The third kappa shape index (κ3) is 1.22. The molecule has 3 nitrogen and oxygen atoms in total. The van der Waals surface area contributed by atoms with Crippen LogP contribution in [0.5, 0.6) is 5.75 Å². The van der Waals surface area contributed by atoms with Crippen molar-refractivity contribution in [1.82, 2.24) is 0 Å². The molecule has 0 spiro atoms. The Morgan fingerprint density at radius 2 is 2.15 bits per heavy atom. The molecule has 0 saturated carbocycles. The zero-order valence-corrected chi connectivity index (χ0v) is 6.90. The molecule has 13 heavy (non-hydrogen) atoms. The van der Waals surface area contributed by atoms with Crippen molar-refractivity contribution in [2.45, 2.75) is 0 Å². The zero-order chi connectivity index (χ0) is 9.26. The van der Waals surface area contributed by atoms with E-state index in [1.165, 1.54) is 0 Å². The van der Waals surface area contributed by atoms with Gasteiger partial charge in [0.05, 0.1) is 5.56 Å². The lowest BCUT2D eigenvalue weighted by molar-refractivity contribution is -0.110. The number of carbonyl (C=O) groups excluding carboxylic acids is 2. The third-order valence-corrected chi connectivity index (χ3v) is 2.07. The van der Waals surface area contributed by atoms with Gasteiger partial charge in [0.15, 0.2) is 5.78 Å². The molecule has 2 rings (SSSR count). The summed E-state index contributed by atoms with van der Waals surface area (Å²) < 4.78 is 5.25. The second-order valence-electron chi connectivity index (χ2n) is 2.91. The number of Topliss-reactive ketones (excluding diaryl/α,β-unsaturated/α-hetero) is 1. The molecule has 1 unspecified atom stereocenters. The predicted octanol–water partition coefficient (Wildman–Crippen LogP) is 1.08. The largest absolute Gasteiger partial charge is 0.492 e. The van der Waals surface area contributed by atoms with E-state index in [0.717, 1.165) is 0 Å². The first-order chi connectivity index (χ1) is 6.33. The van der Waals surface area contributed by atoms with E-state index in [1.54, 1.807) is 24.3 Å². The monoisotopic (exact) mass is 176 g/mol. The summed E-state index contributed by atoms with van der Waals surface area (Å²) in [6.45, 7) is 0.166. The first-order valence-electron chi connectivity index (χ1n) is 4.04. The van der Waals surface area contributed by atoms with Crippen LogP contribution in [0.1, 0.15) is 10.4 Å². The second kappa shape index (κ2) is 3.01. The molecule has 0 fully saturated rings. The van der Waals surface area contributed by atoms with Gasteiger partial charge >= 0.3 is 0 Å². The topological polar surface area (TPSA) is 43.4 Å². The number of carbonyl (C=O) groups is 2. The van der Waals surface area contributed by atoms with Gasteiger partial charge in [-0.3, -0.25) is 4.79 Å². The van der Waals surface area contributed by atoms with Crippen molar-refractivity contribution in [3.05, 3.63) is 29.8 Å². The molecule has 0 radical (unpaired) electrons. The van der Waals surface area contributed by atoms with Crippen molar-refractivity contribution in [1.29, 1.82) is 0 Å². The molecule has 0 aliphatic carbocycles. The number of benzene rings is 1. The third-order valence-electron chi connectivity index (χ3n) is 2.07. The summed E-state index contributed by atoms with van der Waals surface area (Å²) in [7, 11) is 0. The molecular weight excluding hydrogens is 168 g/mol. The van der Waals surface area contributed by atoms with Crippen molar-refractivity contribution in [2.24, 2.45) is 5.92 Å². The molecular formula is C10H8O3. The van der Waals surface area contributed by atoms with Crippen LogP contribution in [-0.4, -0.2) is 18.7 Å². The molecule has 3 heteroatoms. The highest BCUT2D eigenvalue weighted by molar-refractivity contribution is 6.07. The van der Waals surface area contributed by atoms with Gasteiger partial charge in [-0.25, -0.2) is 0 Å². The molecule has 1 aromatic carbocycles. The maximum atomic E-state index is 11.5. The summed E-state index contributed by atoms with van der Waals surface area (Å²) in [5, 5.41) is 0. The highest BCUT2D eigenvalue weighted by atomic mass is 16.5. The standard InChI is InChI=1S/C10H8O3/c11-5-7-6-13-9-4-2-1-3-8(9)10(7)12/h1-5,7H,6H2. The quantitative estimate of drug-likeness (QED) is 0.475. The molecule has 66 valence electrons. The Morgan fingerprint density at radius 3 is 2.92 bits per heavy atom. The zero-order valence-electron chi connectivity index (χ0n) is 6.90. The van der Waals surface area contributed by atoms with Gasteiger partial charge in [-0.15, -0.1) is 0 Å². The number of hydrogen-bond acceptors (Lipinski definition) is 3. The average Bonchev–Trinajstić information content (AvgIpc) is 2.19. The minimum absolute atomic E-state index is 0.142. The summed E-state index contributed by atoms with van der Waals surface area (Å²) in [6.07, 6.45) is 0.637. The van der Waals surface area contributed by atoms with Crippen LogP contribution < -0.4 is 4.74 Å². The van der Waals surface area contributed by atoms with Gasteiger partial charge in [0.2, 0.25) is 0 Å². The van der Waals surface area contributed by atoms with Crippen molar-refractivity contribution in [3.8, 4) is 5.75 Å². The van der Waals surface area contributed by atoms with Crippen molar-refractivity contribution >= 4 is 12.1 Å². The molecule has 0 saturated heterocycles. The molecule has 1 heterocycles. The fourth-order valence-corrected chi connectivity index (χ4v) is 1.35. The minimum Gasteiger partial charge on any atom is -0.492 e. The Hall–Kier alpha value is -1.64. The van der Waals surface area contributed by atoms with E-state index in [-0.39, 0.29) is 12.4 Å². The highest BCUT2D eigenvalue weighted by Crippen LogP contribution is 2.25. The number of fused-ring (bicyclic) bond motifs is 1. The summed E-state index contributed by atoms with van der Waals surface area (Å²) in [6, 6.07) is 6.96. The van der Waals surface area contributed by atoms with E-state index in [2.05, 4.69) is 0 Å². The van der Waals surface area contributed by atoms with Crippen LogP contribution in [0, 0.1) is 5.92 Å². The number of rotatable bonds is 1. The van der Waals surface area contributed by atoms with E-state index in [4.69, 9.17) is 4.74 Å². The molecule has 1 atom stereocenters. The van der Waals surface area contributed by atoms with Gasteiger partial charge in [-0.2, -0.15) is 0 Å². The first-order valence-corrected chi connectivity index (χ1v) is 4.04. The number of ketones is 1. The summed E-state index contributed by atoms with van der Waals surface area (Å²) in [4.78, 5) is 22.0. The normalized spacial score (nSPS) is 20.3. The molecule has 1 aliphatic heterocycles. The predicted molar refractivity (Wildman–Crippen MR) is 45.8 cm³/mol. The summed E-state index contributed by atoms with van der Waals surface area (Å²) in [5.41, 5.74) is 0.505. The number of ether oxygens (including phenoxy) is 1. The van der Waals surface area contributed by atoms with Gasteiger partial charge < -0.3 is 9.53 Å². The smallest absolute Gasteiger partial charge is 0.180 e. The molecule has 0 N–H and O–H groups in total. The van der Waals surface area contributed by atoms with Gasteiger partial charge in [0.25, 0.3) is 0 Å². The lowest BCUT2D eigenvalue weighted by Gasteiger charge is -2.19. The Labute approximate surface area is 75.3 Å². The van der Waals surface area contributed by atoms with Gasteiger partial charge in [-0.05, 0) is 12.1 Å². The molecule has 0 amide bonds. The highest BCUT2D eigenvalue weighted by Gasteiger charge is 2.27. The van der Waals surface area contributed by atoms with Crippen LogP contribution in [0.3, 0.4) is 0 Å². The Morgan fingerprint density at radius 1 is 1.38 bits per heavy atom. The Kier molecular flexibility index (Phi) is 1.85. The number of aldehydes is 1. The van der Waals surface area contributed by atoms with Crippen LogP contribution in [0.25, 0.3) is 0 Å². The summed E-state index contributed by atoms with van der Waals surface area (Å²) in [5.74, 6) is -0.197. The number of para-hydroxylation sites is 1. The van der Waals surface area contributed by atoms with Crippen LogP contribution >= 0.6 is 0 Å². The van der Waals surface area contributed by atoms with E-state index in [9.17, 15) is 9.59 Å². The van der Waals surface area contributed by atoms with E-state index in [1.807, 2.05) is 0 Å².